The van der Waals surface area contributed by atoms with Crippen LogP contribution in [0.1, 0.15) is 35.8 Å². The number of hydrogen-bond acceptors (Lipinski definition) is 3. The molecular formula is C19H22N2O2. The van der Waals surface area contributed by atoms with Crippen molar-refractivity contribution in [3.05, 3.63) is 53.7 Å². The largest absolute Gasteiger partial charge is 0.394 e. The van der Waals surface area contributed by atoms with Gasteiger partial charge < -0.3 is 10.4 Å². The van der Waals surface area contributed by atoms with E-state index >= 15 is 0 Å². The highest BCUT2D eigenvalue weighted by molar-refractivity contribution is 5.96. The number of carbonyl (C=O) groups is 1. The van der Waals surface area contributed by atoms with Gasteiger partial charge >= 0.3 is 0 Å². The summed E-state index contributed by atoms with van der Waals surface area (Å²) < 4.78 is 0. The quantitative estimate of drug-likeness (QED) is 0.892. The van der Waals surface area contributed by atoms with Crippen LogP contribution in [0.15, 0.2) is 42.5 Å². The first-order valence-corrected chi connectivity index (χ1v) is 8.00. The van der Waals surface area contributed by atoms with E-state index in [1.54, 1.807) is 0 Å². The van der Waals surface area contributed by atoms with Crippen molar-refractivity contribution >= 4 is 5.91 Å². The van der Waals surface area contributed by atoms with Crippen molar-refractivity contribution in [3.8, 4) is 11.3 Å². The van der Waals surface area contributed by atoms with E-state index in [0.717, 1.165) is 24.1 Å². The van der Waals surface area contributed by atoms with Crippen LogP contribution in [0.4, 0.5) is 0 Å². The molecule has 2 N–H and O–H groups in total. The molecule has 120 valence electrons. The fourth-order valence-corrected chi connectivity index (χ4v) is 2.89. The van der Waals surface area contributed by atoms with Gasteiger partial charge in [-0.05, 0) is 44.7 Å². The van der Waals surface area contributed by atoms with Gasteiger partial charge in [0, 0.05) is 5.56 Å². The zero-order chi connectivity index (χ0) is 16.4. The summed E-state index contributed by atoms with van der Waals surface area (Å²) in [7, 11) is 0. The van der Waals surface area contributed by atoms with E-state index in [1.807, 2.05) is 56.3 Å². The molecule has 0 spiro atoms. The molecule has 1 aromatic heterocycles. The summed E-state index contributed by atoms with van der Waals surface area (Å²) in [5.74, 6) is 0.200. The van der Waals surface area contributed by atoms with Crippen LogP contribution in [-0.2, 0) is 0 Å². The summed E-state index contributed by atoms with van der Waals surface area (Å²) in [6, 6.07) is 13.6. The highest BCUT2D eigenvalue weighted by atomic mass is 16.3. The summed E-state index contributed by atoms with van der Waals surface area (Å²) in [4.78, 5) is 17.1. The molecule has 2 aromatic rings. The molecular weight excluding hydrogens is 288 g/mol. The Balaban J connectivity index is 1.82. The number of aliphatic hydroxyl groups excluding tert-OH is 1. The van der Waals surface area contributed by atoms with Crippen LogP contribution in [0.25, 0.3) is 11.3 Å². The lowest BCUT2D eigenvalue weighted by atomic mass is 9.96. The van der Waals surface area contributed by atoms with E-state index in [-0.39, 0.29) is 12.5 Å². The number of hydrogen-bond donors (Lipinski definition) is 2. The Morgan fingerprint density at radius 2 is 1.96 bits per heavy atom. The molecule has 1 unspecified atom stereocenters. The minimum absolute atomic E-state index is 0.0437. The minimum atomic E-state index is -0.540. The molecule has 4 heteroatoms. The average molecular weight is 310 g/mol. The third kappa shape index (κ3) is 3.27. The molecule has 1 aliphatic carbocycles. The molecule has 0 saturated heterocycles. The van der Waals surface area contributed by atoms with Crippen molar-refractivity contribution < 1.29 is 9.90 Å². The van der Waals surface area contributed by atoms with Crippen LogP contribution in [0, 0.1) is 12.8 Å². The maximum atomic E-state index is 12.6. The van der Waals surface area contributed by atoms with Crippen LogP contribution in [0.2, 0.25) is 0 Å². The summed E-state index contributed by atoms with van der Waals surface area (Å²) in [6.45, 7) is 3.70. The Morgan fingerprint density at radius 1 is 1.26 bits per heavy atom. The summed E-state index contributed by atoms with van der Waals surface area (Å²) in [5, 5.41) is 12.6. The van der Waals surface area contributed by atoms with E-state index < -0.39 is 5.54 Å². The Kier molecular flexibility index (Phi) is 4.18. The molecule has 1 saturated carbocycles. The molecule has 1 amide bonds. The van der Waals surface area contributed by atoms with E-state index in [9.17, 15) is 9.90 Å². The smallest absolute Gasteiger partial charge is 0.253 e. The predicted molar refractivity (Wildman–Crippen MR) is 90.1 cm³/mol. The number of nitrogens with one attached hydrogen (secondary N) is 1. The number of amides is 1. The number of benzene rings is 1. The second kappa shape index (κ2) is 6.13. The highest BCUT2D eigenvalue weighted by Crippen LogP contribution is 2.39. The average Bonchev–Trinajstić information content (AvgIpc) is 3.40. The lowest BCUT2D eigenvalue weighted by Crippen LogP contribution is -2.50. The standard InChI is InChI=1S/C19H22N2O2/c1-13-16(18(23)21-19(2,12-22)15-8-9-15)10-11-17(20-13)14-6-4-3-5-7-14/h3-7,10-11,15,22H,8-9,12H2,1-2H3,(H,21,23). The van der Waals surface area contributed by atoms with Gasteiger partial charge in [-0.3, -0.25) is 9.78 Å². The highest BCUT2D eigenvalue weighted by Gasteiger charge is 2.42. The molecule has 0 aliphatic heterocycles. The number of nitrogens with zero attached hydrogens (tertiary/aromatic N) is 1. The third-order valence-corrected chi connectivity index (χ3v) is 4.61. The minimum Gasteiger partial charge on any atom is -0.394 e. The first kappa shape index (κ1) is 15.7. The molecule has 4 nitrogen and oxygen atoms in total. The van der Waals surface area contributed by atoms with Crippen molar-refractivity contribution in [2.75, 3.05) is 6.61 Å². The number of aryl methyl sites for hydroxylation is 1. The Bertz CT molecular complexity index is 711. The second-order valence-corrected chi connectivity index (χ2v) is 6.50. The first-order chi connectivity index (χ1) is 11.0. The molecule has 1 heterocycles. The van der Waals surface area contributed by atoms with Gasteiger partial charge in [-0.25, -0.2) is 0 Å². The van der Waals surface area contributed by atoms with Crippen molar-refractivity contribution in [3.63, 3.8) is 0 Å². The van der Waals surface area contributed by atoms with Crippen molar-refractivity contribution in [2.45, 2.75) is 32.2 Å². The number of aliphatic hydroxyl groups is 1. The summed E-state index contributed by atoms with van der Waals surface area (Å²) in [5.41, 5.74) is 2.60. The maximum absolute atomic E-state index is 12.6. The topological polar surface area (TPSA) is 62.2 Å². The van der Waals surface area contributed by atoms with Crippen molar-refractivity contribution in [1.82, 2.24) is 10.3 Å². The van der Waals surface area contributed by atoms with E-state index in [0.29, 0.717) is 17.2 Å². The third-order valence-electron chi connectivity index (χ3n) is 4.61. The van der Waals surface area contributed by atoms with Gasteiger partial charge in [0.05, 0.1) is 29.1 Å². The van der Waals surface area contributed by atoms with Crippen LogP contribution < -0.4 is 5.32 Å². The van der Waals surface area contributed by atoms with Gasteiger partial charge in [0.25, 0.3) is 5.91 Å². The summed E-state index contributed by atoms with van der Waals surface area (Å²) >= 11 is 0. The molecule has 0 bridgehead atoms. The Morgan fingerprint density at radius 3 is 2.52 bits per heavy atom. The van der Waals surface area contributed by atoms with Gasteiger partial charge in [0.1, 0.15) is 0 Å². The number of rotatable bonds is 5. The Hall–Kier alpha value is -2.20. The maximum Gasteiger partial charge on any atom is 0.253 e. The van der Waals surface area contributed by atoms with Crippen LogP contribution in [0.5, 0.6) is 0 Å². The van der Waals surface area contributed by atoms with E-state index in [4.69, 9.17) is 0 Å². The predicted octanol–water partition coefficient (Wildman–Crippen LogP) is 2.95. The van der Waals surface area contributed by atoms with Gasteiger partial charge in [0.15, 0.2) is 0 Å². The monoisotopic (exact) mass is 310 g/mol. The van der Waals surface area contributed by atoms with Gasteiger partial charge in [-0.15, -0.1) is 0 Å². The normalized spacial score (nSPS) is 16.7. The SMILES string of the molecule is Cc1nc(-c2ccccc2)ccc1C(=O)NC(C)(CO)C1CC1. The van der Waals surface area contributed by atoms with E-state index in [2.05, 4.69) is 10.3 Å². The van der Waals surface area contributed by atoms with E-state index in [1.165, 1.54) is 0 Å². The molecule has 3 rings (SSSR count). The molecule has 1 aliphatic rings. The zero-order valence-electron chi connectivity index (χ0n) is 13.5. The molecule has 23 heavy (non-hydrogen) atoms. The molecule has 1 fully saturated rings. The lowest BCUT2D eigenvalue weighted by molar-refractivity contribution is 0.0823. The number of carbonyl (C=O) groups excluding carboxylic acids is 1. The molecule has 1 aromatic carbocycles. The fraction of sp³-hybridized carbons (Fsp3) is 0.368. The fourth-order valence-electron chi connectivity index (χ4n) is 2.89. The van der Waals surface area contributed by atoms with Crippen LogP contribution in [-0.4, -0.2) is 28.1 Å². The van der Waals surface area contributed by atoms with Crippen LogP contribution >= 0.6 is 0 Å². The molecule has 0 radical (unpaired) electrons. The lowest BCUT2D eigenvalue weighted by Gasteiger charge is -2.29. The first-order valence-electron chi connectivity index (χ1n) is 8.00. The van der Waals surface area contributed by atoms with Crippen LogP contribution in [0.3, 0.4) is 0 Å². The van der Waals surface area contributed by atoms with Gasteiger partial charge in [-0.2, -0.15) is 0 Å². The number of pyridine rings is 1. The van der Waals surface area contributed by atoms with Gasteiger partial charge in [0.2, 0.25) is 0 Å². The number of aromatic nitrogens is 1. The van der Waals surface area contributed by atoms with Gasteiger partial charge in [-0.1, -0.05) is 30.3 Å². The zero-order valence-corrected chi connectivity index (χ0v) is 13.5. The Labute approximate surface area is 136 Å². The van der Waals surface area contributed by atoms with Crippen molar-refractivity contribution in [2.24, 2.45) is 5.92 Å². The molecule has 1 atom stereocenters. The second-order valence-electron chi connectivity index (χ2n) is 6.50. The summed E-state index contributed by atoms with van der Waals surface area (Å²) in [6.07, 6.45) is 2.11. The van der Waals surface area contributed by atoms with Crippen molar-refractivity contribution in [1.29, 1.82) is 0 Å².